The second-order valence-electron chi connectivity index (χ2n) is 5.77. The van der Waals surface area contributed by atoms with Crippen molar-refractivity contribution in [3.8, 4) is 0 Å². The molecule has 0 fully saturated rings. The average Bonchev–Trinajstić information content (AvgIpc) is 2.73. The van der Waals surface area contributed by atoms with E-state index < -0.39 is 0 Å². The van der Waals surface area contributed by atoms with E-state index in [1.54, 1.807) is 7.05 Å². The molecule has 5 heteroatoms. The number of aromatic nitrogens is 1. The Bertz CT molecular complexity index is 431. The first-order valence-electron chi connectivity index (χ1n) is 7.26. The minimum absolute atomic E-state index is 0.328. The molecule has 2 atom stereocenters. The minimum Gasteiger partial charge on any atom is -0.361 e. The fraction of sp³-hybridized carbons (Fsp3) is 0.733. The van der Waals surface area contributed by atoms with Crippen LogP contribution in [0.1, 0.15) is 50.6 Å². The van der Waals surface area contributed by atoms with E-state index in [9.17, 15) is 0 Å². The van der Waals surface area contributed by atoms with Crippen molar-refractivity contribution in [2.45, 2.75) is 53.5 Å². The van der Waals surface area contributed by atoms with Crippen LogP contribution in [0, 0.1) is 19.8 Å². The molecule has 0 saturated heterocycles. The van der Waals surface area contributed by atoms with E-state index in [-0.39, 0.29) is 0 Å². The normalized spacial score (nSPS) is 15.3. The summed E-state index contributed by atoms with van der Waals surface area (Å²) in [5.41, 5.74) is 2.15. The van der Waals surface area contributed by atoms with Crippen LogP contribution >= 0.6 is 0 Å². The van der Waals surface area contributed by atoms with Gasteiger partial charge in [-0.3, -0.25) is 4.99 Å². The monoisotopic (exact) mass is 280 g/mol. The number of nitrogens with one attached hydrogen (secondary N) is 2. The molecular weight excluding hydrogens is 252 g/mol. The summed E-state index contributed by atoms with van der Waals surface area (Å²) in [6.45, 7) is 13.5. The Labute approximate surface area is 122 Å². The summed E-state index contributed by atoms with van der Waals surface area (Å²) in [4.78, 5) is 4.26. The van der Waals surface area contributed by atoms with Crippen LogP contribution in [-0.2, 0) is 0 Å². The molecule has 0 aromatic carbocycles. The summed E-state index contributed by atoms with van der Waals surface area (Å²) in [7, 11) is 1.79. The third-order valence-corrected chi connectivity index (χ3v) is 3.75. The standard InChI is InChI=1S/C15H28N4O/c1-9(2)11(4)18-15(16-7)17-8-10(3)14-12(5)19-20-13(14)6/h9-11H,8H2,1-7H3,(H2,16,17,18). The molecular formula is C15H28N4O. The quantitative estimate of drug-likeness (QED) is 0.643. The van der Waals surface area contributed by atoms with Gasteiger partial charge in [0, 0.05) is 31.1 Å². The number of rotatable bonds is 5. The van der Waals surface area contributed by atoms with Gasteiger partial charge in [0.2, 0.25) is 0 Å². The van der Waals surface area contributed by atoms with Gasteiger partial charge in [0.15, 0.2) is 5.96 Å². The molecule has 0 bridgehead atoms. The van der Waals surface area contributed by atoms with Crippen molar-refractivity contribution in [2.24, 2.45) is 10.9 Å². The smallest absolute Gasteiger partial charge is 0.191 e. The van der Waals surface area contributed by atoms with Crippen LogP contribution in [0.15, 0.2) is 9.52 Å². The van der Waals surface area contributed by atoms with Crippen molar-refractivity contribution in [1.29, 1.82) is 0 Å². The van der Waals surface area contributed by atoms with E-state index in [4.69, 9.17) is 4.52 Å². The molecule has 1 heterocycles. The maximum Gasteiger partial charge on any atom is 0.191 e. The third-order valence-electron chi connectivity index (χ3n) is 3.75. The van der Waals surface area contributed by atoms with Crippen molar-refractivity contribution in [1.82, 2.24) is 15.8 Å². The largest absolute Gasteiger partial charge is 0.361 e. The Balaban J connectivity index is 2.57. The van der Waals surface area contributed by atoms with Gasteiger partial charge in [-0.1, -0.05) is 25.9 Å². The lowest BCUT2D eigenvalue weighted by Gasteiger charge is -2.22. The number of hydrogen-bond acceptors (Lipinski definition) is 3. The molecule has 1 aromatic heterocycles. The first-order chi connectivity index (χ1) is 9.36. The summed E-state index contributed by atoms with van der Waals surface area (Å²) >= 11 is 0. The lowest BCUT2D eigenvalue weighted by Crippen LogP contribution is -2.45. The van der Waals surface area contributed by atoms with Crippen LogP contribution in [0.5, 0.6) is 0 Å². The van der Waals surface area contributed by atoms with E-state index in [1.807, 2.05) is 13.8 Å². The lowest BCUT2D eigenvalue weighted by molar-refractivity contribution is 0.391. The second-order valence-corrected chi connectivity index (χ2v) is 5.77. The predicted octanol–water partition coefficient (Wildman–Crippen LogP) is 2.60. The Hall–Kier alpha value is -1.52. The van der Waals surface area contributed by atoms with Crippen molar-refractivity contribution in [3.05, 3.63) is 17.0 Å². The highest BCUT2D eigenvalue weighted by Crippen LogP contribution is 2.22. The fourth-order valence-electron chi connectivity index (χ4n) is 2.12. The number of hydrogen-bond donors (Lipinski definition) is 2. The Kier molecular flexibility index (Phi) is 6.05. The molecule has 1 aromatic rings. The van der Waals surface area contributed by atoms with Gasteiger partial charge in [-0.05, 0) is 26.7 Å². The molecule has 20 heavy (non-hydrogen) atoms. The maximum atomic E-state index is 5.22. The molecule has 2 unspecified atom stereocenters. The molecule has 0 radical (unpaired) electrons. The molecule has 1 rings (SSSR count). The number of guanidine groups is 1. The molecule has 5 nitrogen and oxygen atoms in total. The molecule has 0 spiro atoms. The first kappa shape index (κ1) is 16.5. The van der Waals surface area contributed by atoms with Crippen LogP contribution < -0.4 is 10.6 Å². The molecule has 0 aliphatic heterocycles. The van der Waals surface area contributed by atoms with Gasteiger partial charge in [0.05, 0.1) is 5.69 Å². The summed E-state index contributed by atoms with van der Waals surface area (Å²) < 4.78 is 5.22. The van der Waals surface area contributed by atoms with Crippen molar-refractivity contribution >= 4 is 5.96 Å². The van der Waals surface area contributed by atoms with Crippen LogP contribution in [0.3, 0.4) is 0 Å². The van der Waals surface area contributed by atoms with Crippen molar-refractivity contribution in [3.63, 3.8) is 0 Å². The van der Waals surface area contributed by atoms with Gasteiger partial charge < -0.3 is 15.2 Å². The van der Waals surface area contributed by atoms with Gasteiger partial charge in [-0.15, -0.1) is 0 Å². The highest BCUT2D eigenvalue weighted by Gasteiger charge is 2.17. The van der Waals surface area contributed by atoms with E-state index in [0.717, 1.165) is 24.0 Å². The highest BCUT2D eigenvalue weighted by molar-refractivity contribution is 5.80. The average molecular weight is 280 g/mol. The molecule has 0 aliphatic carbocycles. The fourth-order valence-corrected chi connectivity index (χ4v) is 2.12. The van der Waals surface area contributed by atoms with Crippen molar-refractivity contribution < 1.29 is 4.52 Å². The number of aliphatic imine (C=N–C) groups is 1. The topological polar surface area (TPSA) is 62.5 Å². The van der Waals surface area contributed by atoms with E-state index in [0.29, 0.717) is 17.9 Å². The predicted molar refractivity (Wildman–Crippen MR) is 83.2 cm³/mol. The van der Waals surface area contributed by atoms with Gasteiger partial charge in [0.25, 0.3) is 0 Å². The van der Waals surface area contributed by atoms with E-state index in [1.165, 1.54) is 5.56 Å². The van der Waals surface area contributed by atoms with Gasteiger partial charge in [-0.2, -0.15) is 0 Å². The zero-order chi connectivity index (χ0) is 15.3. The van der Waals surface area contributed by atoms with Gasteiger partial charge in [0.1, 0.15) is 5.76 Å². The first-order valence-corrected chi connectivity index (χ1v) is 7.26. The van der Waals surface area contributed by atoms with Crippen LogP contribution in [-0.4, -0.2) is 30.8 Å². The molecule has 0 saturated carbocycles. The zero-order valence-corrected chi connectivity index (χ0v) is 13.7. The minimum atomic E-state index is 0.328. The summed E-state index contributed by atoms with van der Waals surface area (Å²) in [6.07, 6.45) is 0. The van der Waals surface area contributed by atoms with Gasteiger partial charge >= 0.3 is 0 Å². The highest BCUT2D eigenvalue weighted by atomic mass is 16.5. The third kappa shape index (κ3) is 4.25. The summed E-state index contributed by atoms with van der Waals surface area (Å²) in [5.74, 6) is 2.63. The molecule has 0 aliphatic rings. The molecule has 114 valence electrons. The Morgan fingerprint density at radius 2 is 1.90 bits per heavy atom. The zero-order valence-electron chi connectivity index (χ0n) is 13.7. The molecule has 2 N–H and O–H groups in total. The number of aryl methyl sites for hydroxylation is 2. The second kappa shape index (κ2) is 7.31. The van der Waals surface area contributed by atoms with E-state index in [2.05, 4.69) is 48.5 Å². The van der Waals surface area contributed by atoms with Crippen molar-refractivity contribution in [2.75, 3.05) is 13.6 Å². The maximum absolute atomic E-state index is 5.22. The van der Waals surface area contributed by atoms with Crippen LogP contribution in [0.2, 0.25) is 0 Å². The Morgan fingerprint density at radius 3 is 2.35 bits per heavy atom. The number of nitrogens with zero attached hydrogens (tertiary/aromatic N) is 2. The Morgan fingerprint density at radius 1 is 1.25 bits per heavy atom. The van der Waals surface area contributed by atoms with Crippen LogP contribution in [0.25, 0.3) is 0 Å². The lowest BCUT2D eigenvalue weighted by atomic mass is 10.00. The van der Waals surface area contributed by atoms with Crippen LogP contribution in [0.4, 0.5) is 0 Å². The summed E-state index contributed by atoms with van der Waals surface area (Å²) in [6, 6.07) is 0.385. The summed E-state index contributed by atoms with van der Waals surface area (Å²) in [5, 5.41) is 10.8. The SMILES string of the molecule is CN=C(NCC(C)c1c(C)noc1C)NC(C)C(C)C. The molecule has 0 amide bonds. The van der Waals surface area contributed by atoms with E-state index >= 15 is 0 Å². The van der Waals surface area contributed by atoms with Gasteiger partial charge in [-0.25, -0.2) is 0 Å².